The number of nitrogens with one attached hydrogen (secondary N) is 1. The Hall–Kier alpha value is -3.71. The normalized spacial score (nSPS) is 25.5. The molecule has 5 unspecified atom stereocenters. The topological polar surface area (TPSA) is 160 Å². The van der Waals surface area contributed by atoms with Crippen molar-refractivity contribution in [1.29, 1.82) is 0 Å². The fourth-order valence-corrected chi connectivity index (χ4v) is 6.41. The number of pyridine rings is 2. The lowest BCUT2D eigenvalue weighted by atomic mass is 9.82. The van der Waals surface area contributed by atoms with E-state index in [-0.39, 0.29) is 36.6 Å². The van der Waals surface area contributed by atoms with Crippen LogP contribution in [0.1, 0.15) is 65.1 Å². The summed E-state index contributed by atoms with van der Waals surface area (Å²) in [4.78, 5) is 42.0. The van der Waals surface area contributed by atoms with Gasteiger partial charge in [-0.15, -0.1) is 0 Å². The van der Waals surface area contributed by atoms with Crippen LogP contribution in [0.4, 0.5) is 4.39 Å². The van der Waals surface area contributed by atoms with Crippen molar-refractivity contribution in [3.8, 4) is 11.4 Å². The minimum absolute atomic E-state index is 0.0162. The predicted octanol–water partition coefficient (Wildman–Crippen LogP) is 1.21. The maximum absolute atomic E-state index is 14.8. The molecule has 0 spiro atoms. The molecule has 1 aliphatic carbocycles. The summed E-state index contributed by atoms with van der Waals surface area (Å²) in [7, 11) is 0. The smallest absolute Gasteiger partial charge is 0.313 e. The maximum atomic E-state index is 14.8. The SMILES string of the molecule is CCC1C(=O)OCc2c1cc1n(c2=O)Cc2c-1nc1cc(F)c(C)c3c1c2C(NC=O)CC3.OC1COC(O)C1O. The van der Waals surface area contributed by atoms with E-state index in [0.29, 0.717) is 65.8 Å². The van der Waals surface area contributed by atoms with E-state index in [0.717, 1.165) is 22.1 Å². The summed E-state index contributed by atoms with van der Waals surface area (Å²) in [6, 6.07) is 3.07. The zero-order valence-electron chi connectivity index (χ0n) is 22.5. The van der Waals surface area contributed by atoms with E-state index in [1.165, 1.54) is 6.07 Å². The van der Waals surface area contributed by atoms with E-state index in [1.54, 1.807) is 11.5 Å². The molecule has 0 bridgehead atoms. The number of benzene rings is 1. The second kappa shape index (κ2) is 10.3. The third kappa shape index (κ3) is 4.24. The Labute approximate surface area is 233 Å². The number of fused-ring (bicyclic) bond motifs is 5. The first-order chi connectivity index (χ1) is 19.7. The van der Waals surface area contributed by atoms with Gasteiger partial charge in [-0.1, -0.05) is 6.92 Å². The van der Waals surface area contributed by atoms with Gasteiger partial charge in [0.15, 0.2) is 6.29 Å². The quantitative estimate of drug-likeness (QED) is 0.211. The molecule has 41 heavy (non-hydrogen) atoms. The van der Waals surface area contributed by atoms with Gasteiger partial charge in [0.2, 0.25) is 6.41 Å². The number of aliphatic hydroxyl groups is 3. The zero-order chi connectivity index (χ0) is 29.2. The van der Waals surface area contributed by atoms with E-state index in [9.17, 15) is 18.8 Å². The molecule has 5 heterocycles. The summed E-state index contributed by atoms with van der Waals surface area (Å²) < 4.78 is 26.1. The first-order valence-corrected chi connectivity index (χ1v) is 13.6. The van der Waals surface area contributed by atoms with Crippen LogP contribution in [0.15, 0.2) is 16.9 Å². The van der Waals surface area contributed by atoms with Gasteiger partial charge in [0.05, 0.1) is 47.6 Å². The fraction of sp³-hybridized carbons (Fsp3) is 0.448. The van der Waals surface area contributed by atoms with Crippen molar-refractivity contribution in [3.05, 3.63) is 61.7 Å². The van der Waals surface area contributed by atoms with Crippen LogP contribution in [0.5, 0.6) is 0 Å². The summed E-state index contributed by atoms with van der Waals surface area (Å²) in [5, 5.41) is 29.6. The number of carbonyl (C=O) groups is 2. The summed E-state index contributed by atoms with van der Waals surface area (Å²) >= 11 is 0. The highest BCUT2D eigenvalue weighted by molar-refractivity contribution is 5.93. The molecular formula is C29H30FN3O8. The second-order valence-electron chi connectivity index (χ2n) is 10.8. The van der Waals surface area contributed by atoms with Gasteiger partial charge in [-0.2, -0.15) is 0 Å². The molecular weight excluding hydrogens is 537 g/mol. The lowest BCUT2D eigenvalue weighted by molar-refractivity contribution is -0.148. The van der Waals surface area contributed by atoms with Crippen LogP contribution >= 0.6 is 0 Å². The van der Waals surface area contributed by atoms with Gasteiger partial charge in [-0.05, 0) is 54.5 Å². The molecule has 3 aromatic rings. The van der Waals surface area contributed by atoms with Crippen LogP contribution in [0.2, 0.25) is 0 Å². The summed E-state index contributed by atoms with van der Waals surface area (Å²) in [5.41, 5.74) is 6.03. The Morgan fingerprint density at radius 2 is 1.98 bits per heavy atom. The van der Waals surface area contributed by atoms with Crippen LogP contribution in [0, 0.1) is 12.7 Å². The lowest BCUT2D eigenvalue weighted by Gasteiger charge is -2.28. The number of halogens is 1. The van der Waals surface area contributed by atoms with Crippen molar-refractivity contribution in [1.82, 2.24) is 14.9 Å². The first-order valence-electron chi connectivity index (χ1n) is 13.6. The molecule has 3 aliphatic heterocycles. The first kappa shape index (κ1) is 27.5. The third-order valence-corrected chi connectivity index (χ3v) is 8.59. The van der Waals surface area contributed by atoms with E-state index in [2.05, 4.69) is 10.1 Å². The Kier molecular flexibility index (Phi) is 6.89. The van der Waals surface area contributed by atoms with Crippen LogP contribution in [0.3, 0.4) is 0 Å². The molecule has 0 radical (unpaired) electrons. The number of amides is 1. The number of rotatable bonds is 3. The largest absolute Gasteiger partial charge is 0.460 e. The highest BCUT2D eigenvalue weighted by Gasteiger charge is 2.37. The van der Waals surface area contributed by atoms with Gasteiger partial charge < -0.3 is 34.7 Å². The highest BCUT2D eigenvalue weighted by atomic mass is 19.1. The summed E-state index contributed by atoms with van der Waals surface area (Å²) in [6.07, 6.45) is -0.768. The van der Waals surface area contributed by atoms with Crippen molar-refractivity contribution in [2.75, 3.05) is 6.61 Å². The van der Waals surface area contributed by atoms with Gasteiger partial charge >= 0.3 is 5.97 Å². The molecule has 4 aliphatic rings. The Balaban J connectivity index is 0.000000328. The molecule has 1 saturated heterocycles. The van der Waals surface area contributed by atoms with Gasteiger partial charge in [0.1, 0.15) is 24.6 Å². The van der Waals surface area contributed by atoms with Crippen LogP contribution in [-0.4, -0.2) is 62.4 Å². The number of hydrogen-bond acceptors (Lipinski definition) is 9. The molecule has 5 atom stereocenters. The van der Waals surface area contributed by atoms with Gasteiger partial charge in [0.25, 0.3) is 5.56 Å². The Morgan fingerprint density at radius 3 is 2.61 bits per heavy atom. The standard InChI is InChI=1S/C25H22FN3O4.C4H8O4/c1-3-12-14-6-20-23-15(8-29(20)24(31)16(14)9-33-25(12)32)22-18(27-10-30)5-4-13-11(2)17(26)7-19(28-23)21(13)22;5-2-1-8-4(7)3(2)6/h6-7,10,12,18H,3-5,8-9H2,1-2H3,(H,27,30);2-7H,1H2. The number of aryl methyl sites for hydroxylation is 1. The zero-order valence-corrected chi connectivity index (χ0v) is 22.5. The van der Waals surface area contributed by atoms with Gasteiger partial charge in [-0.3, -0.25) is 14.4 Å². The van der Waals surface area contributed by atoms with Crippen LogP contribution in [-0.2, 0) is 38.6 Å². The minimum atomic E-state index is -1.20. The average molecular weight is 568 g/mol. The van der Waals surface area contributed by atoms with Crippen molar-refractivity contribution in [3.63, 3.8) is 0 Å². The average Bonchev–Trinajstić information content (AvgIpc) is 3.47. The predicted molar refractivity (Wildman–Crippen MR) is 142 cm³/mol. The monoisotopic (exact) mass is 567 g/mol. The molecule has 1 amide bonds. The van der Waals surface area contributed by atoms with E-state index in [4.69, 9.17) is 25.0 Å². The van der Waals surface area contributed by atoms with Gasteiger partial charge in [0, 0.05) is 17.0 Å². The molecule has 7 rings (SSSR count). The number of aromatic nitrogens is 2. The Bertz CT molecular complexity index is 1640. The molecule has 0 saturated carbocycles. The second-order valence-corrected chi connectivity index (χ2v) is 10.8. The van der Waals surface area contributed by atoms with Crippen LogP contribution in [0.25, 0.3) is 22.3 Å². The van der Waals surface area contributed by atoms with Crippen LogP contribution < -0.4 is 10.9 Å². The number of carbonyl (C=O) groups excluding carboxylic acids is 2. The molecule has 1 fully saturated rings. The molecule has 216 valence electrons. The van der Waals surface area contributed by atoms with E-state index in [1.807, 2.05) is 13.0 Å². The number of hydrogen-bond donors (Lipinski definition) is 4. The van der Waals surface area contributed by atoms with Crippen molar-refractivity contribution >= 4 is 23.3 Å². The van der Waals surface area contributed by atoms with Crippen molar-refractivity contribution in [2.45, 2.75) is 76.7 Å². The number of aliphatic hydroxyl groups excluding tert-OH is 3. The number of esters is 1. The molecule has 11 nitrogen and oxygen atoms in total. The molecule has 1 aromatic carbocycles. The summed E-state index contributed by atoms with van der Waals surface area (Å²) in [6.45, 7) is 3.95. The minimum Gasteiger partial charge on any atom is -0.460 e. The number of cyclic esters (lactones) is 1. The van der Waals surface area contributed by atoms with Crippen molar-refractivity contribution in [2.24, 2.45) is 0 Å². The van der Waals surface area contributed by atoms with Crippen molar-refractivity contribution < 1.29 is 38.8 Å². The molecule has 4 N–H and O–H groups in total. The fourth-order valence-electron chi connectivity index (χ4n) is 6.41. The number of nitrogens with zero attached hydrogens (tertiary/aromatic N) is 2. The number of ether oxygens (including phenoxy) is 2. The van der Waals surface area contributed by atoms with Gasteiger partial charge in [-0.25, -0.2) is 9.37 Å². The molecule has 12 heteroatoms. The Morgan fingerprint density at radius 1 is 1.20 bits per heavy atom. The maximum Gasteiger partial charge on any atom is 0.313 e. The molecule has 2 aromatic heterocycles. The van der Waals surface area contributed by atoms with E-state index >= 15 is 0 Å². The summed E-state index contributed by atoms with van der Waals surface area (Å²) in [5.74, 6) is -1.13. The lowest BCUT2D eigenvalue weighted by Crippen LogP contribution is -2.32. The highest BCUT2D eigenvalue weighted by Crippen LogP contribution is 2.45. The van der Waals surface area contributed by atoms with E-state index < -0.39 is 24.4 Å². The third-order valence-electron chi connectivity index (χ3n) is 8.59.